The second-order valence-electron chi connectivity index (χ2n) is 4.36. The number of hydrogen-bond donors (Lipinski definition) is 1. The average molecular weight is 284 g/mol. The van der Waals surface area contributed by atoms with Gasteiger partial charge in [0, 0.05) is 10.5 Å². The van der Waals surface area contributed by atoms with E-state index in [1.165, 1.54) is 18.4 Å². The first-order valence-electron chi connectivity index (χ1n) is 6.16. The van der Waals surface area contributed by atoms with Crippen molar-refractivity contribution in [2.45, 2.75) is 39.7 Å². The Kier molecular flexibility index (Phi) is 6.07. The summed E-state index contributed by atoms with van der Waals surface area (Å²) >= 11 is 3.46. The molecule has 1 N–H and O–H groups in total. The van der Waals surface area contributed by atoms with Gasteiger partial charge >= 0.3 is 0 Å². The maximum atomic E-state index is 3.60. The summed E-state index contributed by atoms with van der Waals surface area (Å²) in [7, 11) is 0. The second kappa shape index (κ2) is 7.08. The van der Waals surface area contributed by atoms with Crippen LogP contribution in [0.25, 0.3) is 0 Å². The highest BCUT2D eigenvalue weighted by Gasteiger charge is 2.07. The highest BCUT2D eigenvalue weighted by atomic mass is 79.9. The molecule has 0 fully saturated rings. The van der Waals surface area contributed by atoms with Crippen molar-refractivity contribution in [3.63, 3.8) is 0 Å². The Morgan fingerprint density at radius 2 is 1.69 bits per heavy atom. The first-order valence-corrected chi connectivity index (χ1v) is 6.95. The van der Waals surface area contributed by atoms with Crippen molar-refractivity contribution in [1.29, 1.82) is 0 Å². The molecule has 0 radical (unpaired) electrons. The van der Waals surface area contributed by atoms with Gasteiger partial charge in [0.25, 0.3) is 0 Å². The van der Waals surface area contributed by atoms with Gasteiger partial charge in [-0.25, -0.2) is 0 Å². The summed E-state index contributed by atoms with van der Waals surface area (Å²) in [6.45, 7) is 7.87. The molecule has 1 aromatic carbocycles. The maximum absolute atomic E-state index is 3.60. The summed E-state index contributed by atoms with van der Waals surface area (Å²) < 4.78 is 1.14. The lowest BCUT2D eigenvalue weighted by Crippen LogP contribution is -2.25. The number of nitrogens with one attached hydrogen (secondary N) is 1. The quantitative estimate of drug-likeness (QED) is 0.809. The fraction of sp³-hybridized carbons (Fsp3) is 0.571. The molecule has 1 rings (SSSR count). The third-order valence-corrected chi connectivity index (χ3v) is 3.77. The normalized spacial score (nSPS) is 13.1. The van der Waals surface area contributed by atoms with E-state index in [4.69, 9.17) is 0 Å². The van der Waals surface area contributed by atoms with Gasteiger partial charge in [0.05, 0.1) is 0 Å². The molecule has 0 unspecified atom stereocenters. The van der Waals surface area contributed by atoms with E-state index in [0.717, 1.165) is 16.9 Å². The number of hydrogen-bond acceptors (Lipinski definition) is 1. The second-order valence-corrected chi connectivity index (χ2v) is 5.28. The minimum atomic E-state index is 0.439. The van der Waals surface area contributed by atoms with Crippen molar-refractivity contribution in [2.75, 3.05) is 6.54 Å². The van der Waals surface area contributed by atoms with Crippen LogP contribution in [0.3, 0.4) is 0 Å². The first kappa shape index (κ1) is 13.7. The molecule has 2 heteroatoms. The molecule has 0 bridgehead atoms. The highest BCUT2D eigenvalue weighted by molar-refractivity contribution is 9.10. The Morgan fingerprint density at radius 1 is 1.12 bits per heavy atom. The zero-order valence-corrected chi connectivity index (χ0v) is 12.0. The lowest BCUT2D eigenvalue weighted by atomic mass is 10.0. The number of rotatable bonds is 6. The van der Waals surface area contributed by atoms with E-state index in [1.54, 1.807) is 0 Å². The van der Waals surface area contributed by atoms with Crippen LogP contribution in [0.5, 0.6) is 0 Å². The standard InChI is InChI=1S/C14H22BrN/c1-4-12(5-2)10-16-11(3)13-6-8-14(15)9-7-13/h6-9,11-12,16H,4-5,10H2,1-3H3/t11-/m1/s1. The molecule has 0 spiro atoms. The van der Waals surface area contributed by atoms with E-state index in [1.807, 2.05) is 0 Å². The maximum Gasteiger partial charge on any atom is 0.0291 e. The Bertz CT molecular complexity index is 290. The molecule has 0 saturated carbocycles. The molecule has 90 valence electrons. The van der Waals surface area contributed by atoms with E-state index in [-0.39, 0.29) is 0 Å². The number of benzene rings is 1. The monoisotopic (exact) mass is 283 g/mol. The fourth-order valence-corrected chi connectivity index (χ4v) is 2.05. The van der Waals surface area contributed by atoms with E-state index in [0.29, 0.717) is 6.04 Å². The number of halogens is 1. The van der Waals surface area contributed by atoms with Gasteiger partial charge in [-0.05, 0) is 37.1 Å². The van der Waals surface area contributed by atoms with Crippen LogP contribution in [0.4, 0.5) is 0 Å². The van der Waals surface area contributed by atoms with Crippen LogP contribution in [0.15, 0.2) is 28.7 Å². The van der Waals surface area contributed by atoms with Crippen molar-refractivity contribution in [3.05, 3.63) is 34.3 Å². The summed E-state index contributed by atoms with van der Waals surface area (Å²) in [5.74, 6) is 0.804. The van der Waals surface area contributed by atoms with E-state index in [2.05, 4.69) is 66.3 Å². The molecule has 1 nitrogen and oxygen atoms in total. The summed E-state index contributed by atoms with van der Waals surface area (Å²) in [6.07, 6.45) is 2.52. The van der Waals surface area contributed by atoms with Crippen LogP contribution in [0.2, 0.25) is 0 Å². The smallest absolute Gasteiger partial charge is 0.0291 e. The van der Waals surface area contributed by atoms with Gasteiger partial charge in [0.2, 0.25) is 0 Å². The molecule has 0 heterocycles. The third kappa shape index (κ3) is 4.26. The molecule has 0 aliphatic heterocycles. The van der Waals surface area contributed by atoms with Gasteiger partial charge in [-0.3, -0.25) is 0 Å². The van der Waals surface area contributed by atoms with Gasteiger partial charge in [-0.1, -0.05) is 54.8 Å². The summed E-state index contributed by atoms with van der Waals surface area (Å²) in [4.78, 5) is 0. The Balaban J connectivity index is 2.46. The molecule has 0 saturated heterocycles. The minimum Gasteiger partial charge on any atom is -0.310 e. The SMILES string of the molecule is CCC(CC)CN[C@H](C)c1ccc(Br)cc1. The molecule has 0 aromatic heterocycles. The van der Waals surface area contributed by atoms with Crippen molar-refractivity contribution in [2.24, 2.45) is 5.92 Å². The van der Waals surface area contributed by atoms with Crippen LogP contribution >= 0.6 is 15.9 Å². The van der Waals surface area contributed by atoms with Gasteiger partial charge in [-0.2, -0.15) is 0 Å². The van der Waals surface area contributed by atoms with Crippen molar-refractivity contribution in [3.8, 4) is 0 Å². The zero-order valence-electron chi connectivity index (χ0n) is 10.5. The van der Waals surface area contributed by atoms with Gasteiger partial charge in [0.1, 0.15) is 0 Å². The third-order valence-electron chi connectivity index (χ3n) is 3.24. The molecule has 0 aliphatic rings. The molecular formula is C14H22BrN. The Hall–Kier alpha value is -0.340. The minimum absolute atomic E-state index is 0.439. The molecule has 16 heavy (non-hydrogen) atoms. The summed E-state index contributed by atoms with van der Waals surface area (Å²) in [5, 5.41) is 3.60. The molecule has 1 aromatic rings. The molecular weight excluding hydrogens is 262 g/mol. The zero-order chi connectivity index (χ0) is 12.0. The van der Waals surface area contributed by atoms with E-state index in [9.17, 15) is 0 Å². The van der Waals surface area contributed by atoms with Crippen molar-refractivity contribution in [1.82, 2.24) is 5.32 Å². The van der Waals surface area contributed by atoms with Gasteiger partial charge in [0.15, 0.2) is 0 Å². The van der Waals surface area contributed by atoms with Crippen LogP contribution in [-0.4, -0.2) is 6.54 Å². The van der Waals surface area contributed by atoms with Crippen LogP contribution in [0, 0.1) is 5.92 Å². The summed E-state index contributed by atoms with van der Waals surface area (Å²) in [5.41, 5.74) is 1.36. The predicted molar refractivity (Wildman–Crippen MR) is 74.6 cm³/mol. The molecule has 0 aliphatic carbocycles. The van der Waals surface area contributed by atoms with Crippen LogP contribution in [0.1, 0.15) is 45.2 Å². The van der Waals surface area contributed by atoms with Crippen LogP contribution in [-0.2, 0) is 0 Å². The average Bonchev–Trinajstić information content (AvgIpc) is 2.31. The fourth-order valence-electron chi connectivity index (χ4n) is 1.79. The highest BCUT2D eigenvalue weighted by Crippen LogP contribution is 2.17. The molecule has 1 atom stereocenters. The lowest BCUT2D eigenvalue weighted by molar-refractivity contribution is 0.422. The Labute approximate surface area is 108 Å². The van der Waals surface area contributed by atoms with E-state index >= 15 is 0 Å². The molecule has 0 amide bonds. The lowest BCUT2D eigenvalue weighted by Gasteiger charge is -2.18. The summed E-state index contributed by atoms with van der Waals surface area (Å²) in [6, 6.07) is 8.99. The van der Waals surface area contributed by atoms with E-state index < -0.39 is 0 Å². The predicted octanol–water partition coefficient (Wildman–Crippen LogP) is 4.54. The first-order chi connectivity index (χ1) is 7.67. The largest absolute Gasteiger partial charge is 0.310 e. The Morgan fingerprint density at radius 3 is 2.19 bits per heavy atom. The topological polar surface area (TPSA) is 12.0 Å². The van der Waals surface area contributed by atoms with Gasteiger partial charge < -0.3 is 5.32 Å². The van der Waals surface area contributed by atoms with Crippen LogP contribution < -0.4 is 5.32 Å². The van der Waals surface area contributed by atoms with Crippen molar-refractivity contribution < 1.29 is 0 Å². The van der Waals surface area contributed by atoms with Crippen molar-refractivity contribution >= 4 is 15.9 Å². The van der Waals surface area contributed by atoms with Gasteiger partial charge in [-0.15, -0.1) is 0 Å².